The Morgan fingerprint density at radius 3 is 2.77 bits per heavy atom. The minimum atomic E-state index is -0.216. The van der Waals surface area contributed by atoms with Gasteiger partial charge in [-0.2, -0.15) is 4.57 Å². The van der Waals surface area contributed by atoms with Crippen molar-refractivity contribution in [2.45, 2.75) is 6.42 Å². The minimum Gasteiger partial charge on any atom is -0.469 e. The molecule has 0 aliphatic heterocycles. The minimum absolute atomic E-state index is 0.216. The second-order valence-corrected chi connectivity index (χ2v) is 5.12. The van der Waals surface area contributed by atoms with Crippen LogP contribution in [0.15, 0.2) is 42.5 Å². The number of aromatic nitrogens is 2. The first-order valence-corrected chi connectivity index (χ1v) is 7.18. The summed E-state index contributed by atoms with van der Waals surface area (Å²) in [5.74, 6) is -0.216. The number of benzene rings is 2. The standard InChI is InChI=1S/C17H17N3O2/c1-20-15-6-4-3-5-13(15)19-14-8-7-12(11-16(14)20)18-10-9-17(21)22-2/h3-8,11H,9-10H2,1-2H3/p+1. The third kappa shape index (κ3) is 2.70. The number of fused-ring (bicyclic) bond motifs is 2. The first-order chi connectivity index (χ1) is 10.7. The molecule has 0 saturated heterocycles. The van der Waals surface area contributed by atoms with Gasteiger partial charge in [0.05, 0.1) is 13.5 Å². The molecule has 0 aliphatic carbocycles. The van der Waals surface area contributed by atoms with Crippen LogP contribution in [-0.2, 0) is 16.6 Å². The van der Waals surface area contributed by atoms with Crippen LogP contribution in [0, 0.1) is 0 Å². The first-order valence-electron chi connectivity index (χ1n) is 7.18. The van der Waals surface area contributed by atoms with Crippen molar-refractivity contribution in [2.75, 3.05) is 19.0 Å². The topological polar surface area (TPSA) is 55.1 Å². The van der Waals surface area contributed by atoms with Crippen molar-refractivity contribution in [1.29, 1.82) is 0 Å². The van der Waals surface area contributed by atoms with Gasteiger partial charge in [0.1, 0.15) is 18.1 Å². The highest BCUT2D eigenvalue weighted by atomic mass is 16.5. The summed E-state index contributed by atoms with van der Waals surface area (Å²) in [5, 5.41) is 3.24. The molecule has 0 spiro atoms. The third-order valence-electron chi connectivity index (χ3n) is 3.71. The lowest BCUT2D eigenvalue weighted by Crippen LogP contribution is -2.30. The number of anilines is 1. The van der Waals surface area contributed by atoms with E-state index in [4.69, 9.17) is 0 Å². The van der Waals surface area contributed by atoms with E-state index in [-0.39, 0.29) is 5.97 Å². The van der Waals surface area contributed by atoms with Gasteiger partial charge in [0.25, 0.3) is 0 Å². The molecular formula is C17H18N3O2+. The fourth-order valence-electron chi connectivity index (χ4n) is 2.51. The second-order valence-electron chi connectivity index (χ2n) is 5.12. The molecule has 3 rings (SSSR count). The maximum atomic E-state index is 11.1. The molecule has 1 aromatic heterocycles. The summed E-state index contributed by atoms with van der Waals surface area (Å²) in [5.41, 5.74) is 5.01. The quantitative estimate of drug-likeness (QED) is 0.455. The van der Waals surface area contributed by atoms with Crippen LogP contribution in [-0.4, -0.2) is 24.6 Å². The highest BCUT2D eigenvalue weighted by molar-refractivity contribution is 5.83. The smallest absolute Gasteiger partial charge is 0.307 e. The largest absolute Gasteiger partial charge is 0.469 e. The lowest BCUT2D eigenvalue weighted by Gasteiger charge is -2.06. The number of hydrogen-bond acceptors (Lipinski definition) is 4. The zero-order valence-electron chi connectivity index (χ0n) is 12.7. The molecule has 1 heterocycles. The molecule has 0 fully saturated rings. The van der Waals surface area contributed by atoms with Crippen molar-refractivity contribution in [1.82, 2.24) is 4.98 Å². The van der Waals surface area contributed by atoms with Crippen LogP contribution in [0.2, 0.25) is 0 Å². The van der Waals surface area contributed by atoms with Crippen molar-refractivity contribution < 1.29 is 14.1 Å². The molecule has 0 radical (unpaired) electrons. The molecule has 2 aromatic carbocycles. The molecular weight excluding hydrogens is 278 g/mol. The van der Waals surface area contributed by atoms with Crippen LogP contribution >= 0.6 is 0 Å². The summed E-state index contributed by atoms with van der Waals surface area (Å²) in [6.45, 7) is 0.545. The monoisotopic (exact) mass is 296 g/mol. The molecule has 5 nitrogen and oxygen atoms in total. The van der Waals surface area contributed by atoms with E-state index < -0.39 is 0 Å². The molecule has 1 N–H and O–H groups in total. The maximum Gasteiger partial charge on any atom is 0.307 e. The van der Waals surface area contributed by atoms with Gasteiger partial charge in [0.2, 0.25) is 11.0 Å². The SMILES string of the molecule is COC(=O)CCNc1ccc2nc3ccccc3[n+](C)c2c1. The number of hydrogen-bond donors (Lipinski definition) is 1. The summed E-state index contributed by atoms with van der Waals surface area (Å²) >= 11 is 0. The lowest BCUT2D eigenvalue weighted by molar-refractivity contribution is -0.617. The van der Waals surface area contributed by atoms with Gasteiger partial charge in [-0.15, -0.1) is 0 Å². The second kappa shape index (κ2) is 5.97. The maximum absolute atomic E-state index is 11.1. The van der Waals surface area contributed by atoms with Crippen molar-refractivity contribution in [3.63, 3.8) is 0 Å². The Bertz CT molecular complexity index is 846. The highest BCUT2D eigenvalue weighted by Gasteiger charge is 2.13. The number of esters is 1. The Morgan fingerprint density at radius 2 is 1.95 bits per heavy atom. The van der Waals surface area contributed by atoms with Gasteiger partial charge in [-0.3, -0.25) is 4.79 Å². The van der Waals surface area contributed by atoms with E-state index in [0.717, 1.165) is 27.8 Å². The molecule has 0 aliphatic rings. The summed E-state index contributed by atoms with van der Waals surface area (Å²) in [4.78, 5) is 15.8. The summed E-state index contributed by atoms with van der Waals surface area (Å²) < 4.78 is 6.76. The van der Waals surface area contributed by atoms with E-state index >= 15 is 0 Å². The van der Waals surface area contributed by atoms with Crippen molar-refractivity contribution in [2.24, 2.45) is 7.05 Å². The number of aryl methyl sites for hydroxylation is 1. The predicted octanol–water partition coefficient (Wildman–Crippen LogP) is 2.19. The van der Waals surface area contributed by atoms with Gasteiger partial charge >= 0.3 is 5.97 Å². The molecule has 0 amide bonds. The van der Waals surface area contributed by atoms with E-state index in [1.807, 2.05) is 43.4 Å². The van der Waals surface area contributed by atoms with Gasteiger partial charge in [-0.25, -0.2) is 4.98 Å². The normalized spacial score (nSPS) is 10.8. The molecule has 0 saturated carbocycles. The summed E-state index contributed by atoms with van der Waals surface area (Å²) in [6.07, 6.45) is 0.344. The van der Waals surface area contributed by atoms with Crippen LogP contribution in [0.4, 0.5) is 5.69 Å². The molecule has 0 unspecified atom stereocenters. The average molecular weight is 296 g/mol. The Labute approximate surface area is 128 Å². The zero-order chi connectivity index (χ0) is 15.5. The van der Waals surface area contributed by atoms with Crippen LogP contribution in [0.1, 0.15) is 6.42 Å². The molecule has 3 aromatic rings. The van der Waals surface area contributed by atoms with Crippen molar-refractivity contribution in [3.05, 3.63) is 42.5 Å². The van der Waals surface area contributed by atoms with Gasteiger partial charge in [-0.05, 0) is 18.2 Å². The number of methoxy groups -OCH3 is 1. The molecule has 22 heavy (non-hydrogen) atoms. The summed E-state index contributed by atoms with van der Waals surface area (Å²) in [6, 6.07) is 14.1. The Morgan fingerprint density at radius 1 is 1.18 bits per heavy atom. The van der Waals surface area contributed by atoms with Crippen molar-refractivity contribution in [3.8, 4) is 0 Å². The predicted molar refractivity (Wildman–Crippen MR) is 85.5 cm³/mol. The van der Waals surface area contributed by atoms with E-state index in [1.165, 1.54) is 7.11 Å². The number of carbonyl (C=O) groups excluding carboxylic acids is 1. The number of para-hydroxylation sites is 2. The van der Waals surface area contributed by atoms with Crippen LogP contribution in [0.5, 0.6) is 0 Å². The molecule has 0 atom stereocenters. The average Bonchev–Trinajstić information content (AvgIpc) is 2.55. The van der Waals surface area contributed by atoms with Gasteiger partial charge in [-0.1, -0.05) is 12.1 Å². The Balaban J connectivity index is 1.93. The van der Waals surface area contributed by atoms with E-state index in [9.17, 15) is 4.79 Å². The zero-order valence-corrected chi connectivity index (χ0v) is 12.7. The number of nitrogens with one attached hydrogen (secondary N) is 1. The molecule has 5 heteroatoms. The van der Waals surface area contributed by atoms with Gasteiger partial charge in [0, 0.05) is 24.4 Å². The van der Waals surface area contributed by atoms with Crippen molar-refractivity contribution >= 4 is 33.7 Å². The Hall–Kier alpha value is -2.69. The lowest BCUT2D eigenvalue weighted by atomic mass is 10.2. The fourth-order valence-corrected chi connectivity index (χ4v) is 2.51. The number of nitrogens with zero attached hydrogens (tertiary/aromatic N) is 2. The number of carbonyl (C=O) groups is 1. The van der Waals surface area contributed by atoms with Crippen LogP contribution in [0.25, 0.3) is 22.1 Å². The highest BCUT2D eigenvalue weighted by Crippen LogP contribution is 2.18. The third-order valence-corrected chi connectivity index (χ3v) is 3.71. The molecule has 0 bridgehead atoms. The Kier molecular flexibility index (Phi) is 3.87. The van der Waals surface area contributed by atoms with Gasteiger partial charge in [0.15, 0.2) is 0 Å². The molecule has 112 valence electrons. The van der Waals surface area contributed by atoms with E-state index in [1.54, 1.807) is 0 Å². The number of ether oxygens (including phenoxy) is 1. The number of rotatable bonds is 4. The van der Waals surface area contributed by atoms with Gasteiger partial charge < -0.3 is 10.1 Å². The van der Waals surface area contributed by atoms with Crippen LogP contribution in [0.3, 0.4) is 0 Å². The summed E-state index contributed by atoms with van der Waals surface area (Å²) in [7, 11) is 3.43. The van der Waals surface area contributed by atoms with E-state index in [0.29, 0.717) is 13.0 Å². The van der Waals surface area contributed by atoms with Crippen LogP contribution < -0.4 is 9.88 Å². The fraction of sp³-hybridized carbons (Fsp3) is 0.235. The van der Waals surface area contributed by atoms with E-state index in [2.05, 4.69) is 25.7 Å². The first kappa shape index (κ1) is 14.3.